The zero-order valence-electron chi connectivity index (χ0n) is 14.9. The Morgan fingerprint density at radius 1 is 1.12 bits per heavy atom. The van der Waals surface area contributed by atoms with Gasteiger partial charge in [0.2, 0.25) is 0 Å². The number of hydrogen-bond acceptors (Lipinski definition) is 2. The molecule has 4 heteroatoms. The molecule has 0 bridgehead atoms. The van der Waals surface area contributed by atoms with Crippen molar-refractivity contribution in [1.82, 2.24) is 4.57 Å². The van der Waals surface area contributed by atoms with Crippen LogP contribution in [0.2, 0.25) is 0 Å². The van der Waals surface area contributed by atoms with E-state index in [2.05, 4.69) is 93.8 Å². The van der Waals surface area contributed by atoms with Gasteiger partial charge in [0.05, 0.1) is 6.61 Å². The van der Waals surface area contributed by atoms with Crippen molar-refractivity contribution in [2.24, 2.45) is 0 Å². The summed E-state index contributed by atoms with van der Waals surface area (Å²) in [6.07, 6.45) is 2.16. The molecule has 1 aromatic heterocycles. The van der Waals surface area contributed by atoms with Gasteiger partial charge in [-0.2, -0.15) is 0 Å². The van der Waals surface area contributed by atoms with Crippen LogP contribution in [-0.2, 0) is 16.1 Å². The van der Waals surface area contributed by atoms with Gasteiger partial charge in [-0.1, -0.05) is 54.0 Å². The third-order valence-corrected chi connectivity index (χ3v) is 4.46. The van der Waals surface area contributed by atoms with Crippen LogP contribution in [0.25, 0.3) is 10.9 Å². The topological polar surface area (TPSA) is 31.2 Å². The highest BCUT2D eigenvalue weighted by Crippen LogP contribution is 2.22. The van der Waals surface area contributed by atoms with Crippen molar-refractivity contribution in [3.8, 4) is 0 Å². The minimum atomic E-state index is 0.431. The first-order valence-electron chi connectivity index (χ1n) is 8.43. The first-order chi connectivity index (χ1) is 12.0. The van der Waals surface area contributed by atoms with Crippen LogP contribution in [0.1, 0.15) is 37.8 Å². The van der Waals surface area contributed by atoms with E-state index in [4.69, 9.17) is 0 Å². The van der Waals surface area contributed by atoms with Crippen LogP contribution in [0.4, 0.5) is 0 Å². The summed E-state index contributed by atoms with van der Waals surface area (Å²) in [5.41, 5.74) is 4.02. The van der Waals surface area contributed by atoms with Gasteiger partial charge in [-0.25, -0.2) is 0 Å². The fourth-order valence-electron chi connectivity index (χ4n) is 2.58. The molecule has 2 aromatic carbocycles. The Kier molecular flexibility index (Phi) is 7.26. The van der Waals surface area contributed by atoms with Gasteiger partial charge in [0.15, 0.2) is 0 Å². The molecule has 0 spiro atoms. The molecule has 3 nitrogen and oxygen atoms in total. The lowest BCUT2D eigenvalue weighted by Crippen LogP contribution is -1.98. The molecule has 0 radical (unpaired) electrons. The van der Waals surface area contributed by atoms with Crippen molar-refractivity contribution >= 4 is 33.3 Å². The summed E-state index contributed by atoms with van der Waals surface area (Å²) in [7, 11) is 0. The summed E-state index contributed by atoms with van der Waals surface area (Å²) in [6.45, 7) is 8.04. The molecule has 0 aliphatic carbocycles. The standard InChI is InChI=1S/C18H18BrN.C3H6O2/c1-13(2)15-5-3-14(4-6-15)12-20-10-9-16-11-17(19)7-8-18(16)20;1-2-5-3-4/h3-11,13H,12H2,1-2H3;3H,2H2,1H3. The summed E-state index contributed by atoms with van der Waals surface area (Å²) in [5, 5.41) is 1.28. The van der Waals surface area contributed by atoms with E-state index in [1.54, 1.807) is 6.92 Å². The predicted octanol–water partition coefficient (Wildman–Crippen LogP) is 5.75. The lowest BCUT2D eigenvalue weighted by Gasteiger charge is -2.09. The predicted molar refractivity (Wildman–Crippen MR) is 107 cm³/mol. The highest BCUT2D eigenvalue weighted by atomic mass is 79.9. The van der Waals surface area contributed by atoms with Gasteiger partial charge in [-0.05, 0) is 48.2 Å². The van der Waals surface area contributed by atoms with Crippen molar-refractivity contribution in [2.45, 2.75) is 33.2 Å². The Balaban J connectivity index is 0.000000399. The molecular weight excluding hydrogens is 378 g/mol. The number of halogens is 1. The molecule has 132 valence electrons. The number of ether oxygens (including phenoxy) is 1. The molecule has 0 saturated carbocycles. The molecule has 3 rings (SSSR count). The zero-order valence-corrected chi connectivity index (χ0v) is 16.5. The average Bonchev–Trinajstić information content (AvgIpc) is 2.98. The third-order valence-electron chi connectivity index (χ3n) is 3.97. The molecule has 3 aromatic rings. The number of hydrogen-bond donors (Lipinski definition) is 0. The first-order valence-corrected chi connectivity index (χ1v) is 9.23. The number of nitrogens with zero attached hydrogens (tertiary/aromatic N) is 1. The lowest BCUT2D eigenvalue weighted by molar-refractivity contribution is -0.128. The molecule has 25 heavy (non-hydrogen) atoms. The minimum absolute atomic E-state index is 0.431. The van der Waals surface area contributed by atoms with Crippen LogP contribution >= 0.6 is 15.9 Å². The Hall–Kier alpha value is -2.07. The number of rotatable bonds is 5. The Labute approximate surface area is 157 Å². The SMILES string of the molecule is CC(C)c1ccc(Cn2ccc3cc(Br)ccc32)cc1.CCOC=O. The lowest BCUT2D eigenvalue weighted by atomic mass is 10.0. The van der Waals surface area contributed by atoms with E-state index in [0.717, 1.165) is 11.0 Å². The van der Waals surface area contributed by atoms with Crippen LogP contribution in [0, 0.1) is 0 Å². The normalized spacial score (nSPS) is 10.4. The second kappa shape index (κ2) is 9.42. The summed E-state index contributed by atoms with van der Waals surface area (Å²) in [4.78, 5) is 9.18. The molecule has 0 aliphatic heterocycles. The van der Waals surface area contributed by atoms with E-state index in [-0.39, 0.29) is 0 Å². The molecule has 0 unspecified atom stereocenters. The maximum Gasteiger partial charge on any atom is 0.293 e. The van der Waals surface area contributed by atoms with Gasteiger partial charge in [-0.3, -0.25) is 4.79 Å². The van der Waals surface area contributed by atoms with Crippen LogP contribution in [0.3, 0.4) is 0 Å². The van der Waals surface area contributed by atoms with Gasteiger partial charge in [0.25, 0.3) is 6.47 Å². The first kappa shape index (κ1) is 19.3. The van der Waals surface area contributed by atoms with Crippen molar-refractivity contribution in [2.75, 3.05) is 6.61 Å². The number of fused-ring (bicyclic) bond motifs is 1. The fourth-order valence-corrected chi connectivity index (χ4v) is 2.96. The second-order valence-corrected chi connectivity index (χ2v) is 7.01. The summed E-state index contributed by atoms with van der Waals surface area (Å²) >= 11 is 3.52. The molecule has 0 saturated heterocycles. The van der Waals surface area contributed by atoms with Crippen LogP contribution < -0.4 is 0 Å². The van der Waals surface area contributed by atoms with E-state index >= 15 is 0 Å². The van der Waals surface area contributed by atoms with Gasteiger partial charge in [0.1, 0.15) is 0 Å². The van der Waals surface area contributed by atoms with E-state index in [1.807, 2.05) is 0 Å². The Bertz CT molecular complexity index is 806. The van der Waals surface area contributed by atoms with Crippen LogP contribution in [0.15, 0.2) is 59.2 Å². The van der Waals surface area contributed by atoms with Crippen molar-refractivity contribution in [3.63, 3.8) is 0 Å². The second-order valence-electron chi connectivity index (χ2n) is 6.09. The molecule has 0 N–H and O–H groups in total. The zero-order chi connectivity index (χ0) is 18.2. The Morgan fingerprint density at radius 3 is 2.40 bits per heavy atom. The highest BCUT2D eigenvalue weighted by molar-refractivity contribution is 9.10. The number of carbonyl (C=O) groups is 1. The molecule has 0 amide bonds. The smallest absolute Gasteiger partial charge is 0.293 e. The summed E-state index contributed by atoms with van der Waals surface area (Å²) in [5.74, 6) is 0.591. The third kappa shape index (κ3) is 5.46. The van der Waals surface area contributed by atoms with E-state index in [9.17, 15) is 4.79 Å². The average molecular weight is 402 g/mol. The summed E-state index contributed by atoms with van der Waals surface area (Å²) in [6, 6.07) is 17.5. The molecule has 0 atom stereocenters. The number of carbonyl (C=O) groups excluding carboxylic acids is 1. The molecule has 0 aliphatic rings. The Morgan fingerprint density at radius 2 is 1.84 bits per heavy atom. The largest absolute Gasteiger partial charge is 0.468 e. The monoisotopic (exact) mass is 401 g/mol. The quantitative estimate of drug-likeness (QED) is 0.509. The van der Waals surface area contributed by atoms with Crippen LogP contribution in [0.5, 0.6) is 0 Å². The van der Waals surface area contributed by atoms with Crippen molar-refractivity contribution in [3.05, 3.63) is 70.3 Å². The fraction of sp³-hybridized carbons (Fsp3) is 0.286. The number of aromatic nitrogens is 1. The highest BCUT2D eigenvalue weighted by Gasteiger charge is 2.03. The van der Waals surface area contributed by atoms with E-state index in [0.29, 0.717) is 19.0 Å². The van der Waals surface area contributed by atoms with Crippen molar-refractivity contribution < 1.29 is 9.53 Å². The van der Waals surface area contributed by atoms with E-state index in [1.165, 1.54) is 22.0 Å². The van der Waals surface area contributed by atoms with E-state index < -0.39 is 0 Å². The van der Waals surface area contributed by atoms with Gasteiger partial charge in [0, 0.05) is 28.1 Å². The summed E-state index contributed by atoms with van der Waals surface area (Å²) < 4.78 is 7.58. The minimum Gasteiger partial charge on any atom is -0.468 e. The maximum atomic E-state index is 9.18. The van der Waals surface area contributed by atoms with Crippen molar-refractivity contribution in [1.29, 1.82) is 0 Å². The van der Waals surface area contributed by atoms with Gasteiger partial charge < -0.3 is 9.30 Å². The molecular formula is C21H24BrNO2. The van der Waals surface area contributed by atoms with Gasteiger partial charge in [-0.15, -0.1) is 0 Å². The molecule has 1 heterocycles. The number of benzene rings is 2. The van der Waals surface area contributed by atoms with Crippen LogP contribution in [-0.4, -0.2) is 17.6 Å². The van der Waals surface area contributed by atoms with Gasteiger partial charge >= 0.3 is 0 Å². The maximum absolute atomic E-state index is 9.18. The molecule has 0 fully saturated rings.